The lowest BCUT2D eigenvalue weighted by molar-refractivity contribution is 0.295. The minimum atomic E-state index is -3.29. The van der Waals surface area contributed by atoms with Crippen molar-refractivity contribution in [2.75, 3.05) is 18.9 Å². The van der Waals surface area contributed by atoms with Crippen LogP contribution in [0.15, 0.2) is 150 Å². The summed E-state index contributed by atoms with van der Waals surface area (Å²) in [7, 11) is -8.92. The van der Waals surface area contributed by atoms with E-state index in [9.17, 15) is 13.7 Å². The summed E-state index contributed by atoms with van der Waals surface area (Å²) in [6, 6.07) is 45.8. The van der Waals surface area contributed by atoms with E-state index >= 15 is 0 Å². The molecule has 9 nitrogen and oxygen atoms in total. The molecule has 274 valence electrons. The Morgan fingerprint density at radius 2 is 1.04 bits per heavy atom. The molecular formula is C41H37O9P4+. The van der Waals surface area contributed by atoms with Crippen molar-refractivity contribution in [2.45, 2.75) is 13.3 Å². The van der Waals surface area contributed by atoms with Crippen molar-refractivity contribution in [1.29, 1.82) is 1.43 Å². The third-order valence-electron chi connectivity index (χ3n) is 8.76. The summed E-state index contributed by atoms with van der Waals surface area (Å²) < 4.78 is 72.2. The molecule has 3 unspecified atom stereocenters. The van der Waals surface area contributed by atoms with Crippen LogP contribution in [0.25, 0.3) is 43.7 Å². The Hall–Kier alpha value is -4.70. The maximum Gasteiger partial charge on any atom is 0.597 e. The smallest absolute Gasteiger partial charge is 0.439 e. The van der Waals surface area contributed by atoms with Crippen LogP contribution in [0.1, 0.15) is 13.3 Å². The van der Waals surface area contributed by atoms with E-state index in [-0.39, 0.29) is 12.3 Å². The van der Waals surface area contributed by atoms with Gasteiger partial charge >= 0.3 is 16.3 Å². The van der Waals surface area contributed by atoms with Gasteiger partial charge in [-0.25, -0.2) is 8.76 Å². The highest BCUT2D eigenvalue weighted by Crippen LogP contribution is 2.60. The largest absolute Gasteiger partial charge is 0.597 e. The number of aliphatic hydroxyl groups is 1. The molecule has 13 heteroatoms. The molecule has 2 aliphatic rings. The summed E-state index contributed by atoms with van der Waals surface area (Å²) in [5, 5.41) is 12.0. The van der Waals surface area contributed by atoms with Crippen LogP contribution in [-0.4, -0.2) is 30.4 Å². The molecule has 0 fully saturated rings. The number of benzene rings is 6. The molecule has 0 aliphatic carbocycles. The molecule has 7 aromatic rings. The van der Waals surface area contributed by atoms with E-state index < -0.39 is 31.1 Å². The van der Waals surface area contributed by atoms with Crippen LogP contribution >= 0.6 is 31.1 Å². The van der Waals surface area contributed by atoms with E-state index in [1.165, 1.54) is 0 Å². The Balaban J connectivity index is 0.000000184. The minimum absolute atomic E-state index is 0.131. The first kappa shape index (κ1) is 37.6. The van der Waals surface area contributed by atoms with E-state index in [0.717, 1.165) is 44.6 Å². The number of aliphatic hydroxyl groups excluding tert-OH is 1. The number of hydrogen-bond donors (Lipinski definition) is 2. The summed E-state index contributed by atoms with van der Waals surface area (Å²) in [6.45, 7) is 2.25. The van der Waals surface area contributed by atoms with Crippen LogP contribution in [-0.2, 0) is 18.3 Å². The van der Waals surface area contributed by atoms with Crippen molar-refractivity contribution < 1.29 is 41.5 Å². The van der Waals surface area contributed by atoms with Crippen LogP contribution < -0.4 is 19.7 Å². The van der Waals surface area contributed by atoms with Gasteiger partial charge in [0.1, 0.15) is 11.5 Å². The maximum atomic E-state index is 14.2. The number of para-hydroxylation sites is 3. The lowest BCUT2D eigenvalue weighted by Gasteiger charge is -2.32. The van der Waals surface area contributed by atoms with Crippen LogP contribution in [0.2, 0.25) is 0 Å². The van der Waals surface area contributed by atoms with Gasteiger partial charge in [0, 0.05) is 40.8 Å². The van der Waals surface area contributed by atoms with Crippen molar-refractivity contribution in [3.8, 4) is 33.8 Å². The monoisotopic (exact) mass is 798 g/mol. The average molecular weight is 799 g/mol. The summed E-state index contributed by atoms with van der Waals surface area (Å²) in [5.41, 5.74) is 4.37. The summed E-state index contributed by atoms with van der Waals surface area (Å²) in [6.07, 6.45) is 1.14. The second kappa shape index (κ2) is 17.6. The summed E-state index contributed by atoms with van der Waals surface area (Å²) in [4.78, 5) is 3.21. The van der Waals surface area contributed by atoms with E-state index in [4.69, 9.17) is 24.3 Å². The van der Waals surface area contributed by atoms with Crippen LogP contribution in [0.4, 0.5) is 0 Å². The van der Waals surface area contributed by atoms with E-state index in [2.05, 4.69) is 4.90 Å². The Bertz CT molecular complexity index is 2500. The zero-order chi connectivity index (χ0) is 38.8. The third kappa shape index (κ3) is 8.19. The second-order valence-corrected chi connectivity index (χ2v) is 18.4. The highest BCUT2D eigenvalue weighted by atomic mass is 31.2. The van der Waals surface area contributed by atoms with Crippen LogP contribution in [0.3, 0.4) is 0 Å². The normalized spacial score (nSPS) is 17.8. The molecular weight excluding hydrogens is 760 g/mol. The highest BCUT2D eigenvalue weighted by molar-refractivity contribution is 7.71. The molecule has 0 saturated carbocycles. The SMILES string of the molecule is CCCO.O=P1(CCP2(=O)Oc3ccccc3-c3ccccc32)Oc2ccccc2-c2ccccc21.O=[p+]1oc2ccccc2c2ccccc21.[2H]OP=O. The molecule has 0 spiro atoms. The van der Waals surface area contributed by atoms with E-state index in [1.54, 1.807) is 0 Å². The van der Waals surface area contributed by atoms with Crippen molar-refractivity contribution in [3.05, 3.63) is 146 Å². The second-order valence-electron chi connectivity index (χ2n) is 12.2. The van der Waals surface area contributed by atoms with Gasteiger partial charge in [-0.2, -0.15) is 0 Å². The molecule has 2 N–H and O–H groups in total. The Labute approximate surface area is 316 Å². The molecule has 0 saturated heterocycles. The first-order chi connectivity index (χ1) is 26.8. The minimum Gasteiger partial charge on any atom is -0.439 e. The fourth-order valence-corrected chi connectivity index (χ4v) is 13.0. The number of hydrogen-bond acceptors (Lipinski definition) is 9. The van der Waals surface area contributed by atoms with E-state index in [1.807, 2.05) is 153 Å². The Kier molecular flexibility index (Phi) is 12.3. The first-order valence-electron chi connectivity index (χ1n) is 17.5. The predicted molar refractivity (Wildman–Crippen MR) is 218 cm³/mol. The maximum absolute atomic E-state index is 14.2. The van der Waals surface area contributed by atoms with E-state index in [0.29, 0.717) is 34.3 Å². The summed E-state index contributed by atoms with van der Waals surface area (Å²) >= 11 is 0. The summed E-state index contributed by atoms with van der Waals surface area (Å²) in [5.74, 6) is 1.20. The zero-order valence-corrected chi connectivity index (χ0v) is 32.8. The molecule has 0 amide bonds. The van der Waals surface area contributed by atoms with Crippen LogP contribution in [0, 0.1) is 0 Å². The fraction of sp³-hybridized carbons (Fsp3) is 0.122. The molecule has 9 rings (SSSR count). The quantitative estimate of drug-likeness (QED) is 0.129. The van der Waals surface area contributed by atoms with Gasteiger partial charge < -0.3 is 19.0 Å². The van der Waals surface area contributed by atoms with Gasteiger partial charge in [-0.15, -0.1) is 0 Å². The molecule has 3 heterocycles. The van der Waals surface area contributed by atoms with Gasteiger partial charge in [0.15, 0.2) is 5.58 Å². The standard InChI is InChI=1S/C26H20O4P2.C12H8O2P.C3H8O.HO2P/c27-31(25-15-7-3-11-21(25)19-9-1-5-13-23(19)29-31)17-18-32(28)26-16-8-4-12-22(26)20-10-2-6-14-24(20)30-32;13-15-12-8-4-2-6-10(12)9-5-1-3-7-11(9)14-15;1-2-3-4;1-3-2/h1-16H,17-18H2;1-8H;4H,2-3H2,1H3;(H,1,2)/q;+1;;/i/hD. The van der Waals surface area contributed by atoms with Gasteiger partial charge in [-0.3, -0.25) is 9.13 Å². The number of rotatable bonds is 5. The number of fused-ring (bicyclic) bond motifs is 9. The van der Waals surface area contributed by atoms with Gasteiger partial charge in [-0.1, -0.05) is 110 Å². The first-order valence-corrected chi connectivity index (χ1v) is 22.6. The Morgan fingerprint density at radius 1 is 0.630 bits per heavy atom. The topological polar surface area (TPSA) is 140 Å². The predicted octanol–water partition coefficient (Wildman–Crippen LogP) is 11.2. The van der Waals surface area contributed by atoms with Gasteiger partial charge in [0.25, 0.3) is 14.7 Å². The zero-order valence-electron chi connectivity index (χ0n) is 30.2. The van der Waals surface area contributed by atoms with Crippen molar-refractivity contribution in [1.82, 2.24) is 0 Å². The third-order valence-corrected chi connectivity index (χ3v) is 15.1. The van der Waals surface area contributed by atoms with Gasteiger partial charge in [0.05, 0.1) is 10.6 Å². The van der Waals surface area contributed by atoms with Gasteiger partial charge in [-0.05, 0) is 64.6 Å². The molecule has 54 heavy (non-hydrogen) atoms. The van der Waals surface area contributed by atoms with Crippen molar-refractivity contribution >= 4 is 63.2 Å². The lowest BCUT2D eigenvalue weighted by Crippen LogP contribution is -2.25. The van der Waals surface area contributed by atoms with Crippen molar-refractivity contribution in [2.24, 2.45) is 0 Å². The molecule has 0 bridgehead atoms. The lowest BCUT2D eigenvalue weighted by atomic mass is 10.0. The average Bonchev–Trinajstić information content (AvgIpc) is 3.24. The molecule has 3 atom stereocenters. The van der Waals surface area contributed by atoms with Crippen molar-refractivity contribution in [3.63, 3.8) is 0 Å². The highest BCUT2D eigenvalue weighted by Gasteiger charge is 2.41. The Morgan fingerprint density at radius 3 is 1.54 bits per heavy atom. The molecule has 0 radical (unpaired) electrons. The van der Waals surface area contributed by atoms with Gasteiger partial charge in [0.2, 0.25) is 6.55 Å². The molecule has 6 aromatic carbocycles. The molecule has 1 aromatic heterocycles. The van der Waals surface area contributed by atoms with Crippen LogP contribution in [0.5, 0.6) is 11.5 Å². The fourth-order valence-electron chi connectivity index (χ4n) is 6.31. The molecule has 2 aliphatic heterocycles.